The summed E-state index contributed by atoms with van der Waals surface area (Å²) in [7, 11) is 0. The lowest BCUT2D eigenvalue weighted by Gasteiger charge is -2.25. The lowest BCUT2D eigenvalue weighted by molar-refractivity contribution is 0.0256. The molecule has 4 nitrogen and oxygen atoms in total. The maximum atomic E-state index is 10.0. The van der Waals surface area contributed by atoms with Crippen LogP contribution in [-0.4, -0.2) is 29.3 Å². The molecule has 0 radical (unpaired) electrons. The van der Waals surface area contributed by atoms with Crippen molar-refractivity contribution in [2.24, 2.45) is 0 Å². The van der Waals surface area contributed by atoms with Crippen LogP contribution in [-0.2, 0) is 16.9 Å². The molecule has 2 rings (SSSR count). The van der Waals surface area contributed by atoms with Crippen LogP contribution in [0.15, 0.2) is 35.8 Å². The summed E-state index contributed by atoms with van der Waals surface area (Å²) >= 11 is 7.43. The number of aliphatic hydroxyl groups is 1. The SMILES string of the molecule is CC(C)(NCC(O)COCc1ccc(Cl)cc1)c1nccs1. The number of benzene rings is 1. The molecule has 6 heteroatoms. The Morgan fingerprint density at radius 3 is 2.73 bits per heavy atom. The van der Waals surface area contributed by atoms with Crippen molar-refractivity contribution >= 4 is 22.9 Å². The highest BCUT2D eigenvalue weighted by molar-refractivity contribution is 7.09. The molecule has 0 spiro atoms. The maximum Gasteiger partial charge on any atom is 0.112 e. The Balaban J connectivity index is 1.69. The van der Waals surface area contributed by atoms with Crippen molar-refractivity contribution in [1.29, 1.82) is 0 Å². The number of aliphatic hydroxyl groups excluding tert-OH is 1. The third-order valence-corrected chi connectivity index (χ3v) is 4.59. The first-order chi connectivity index (χ1) is 10.5. The Bertz CT molecular complexity index is 558. The van der Waals surface area contributed by atoms with E-state index >= 15 is 0 Å². The second-order valence-electron chi connectivity index (χ2n) is 5.64. The fraction of sp³-hybridized carbons (Fsp3) is 0.438. The molecule has 1 aromatic carbocycles. The van der Waals surface area contributed by atoms with Crippen molar-refractivity contribution in [2.75, 3.05) is 13.2 Å². The zero-order valence-electron chi connectivity index (χ0n) is 12.8. The third kappa shape index (κ3) is 5.34. The molecule has 0 saturated carbocycles. The average molecular weight is 341 g/mol. The van der Waals surface area contributed by atoms with Crippen LogP contribution in [0.3, 0.4) is 0 Å². The predicted molar refractivity (Wildman–Crippen MR) is 90.3 cm³/mol. The highest BCUT2D eigenvalue weighted by atomic mass is 35.5. The Labute approximate surface area is 140 Å². The minimum absolute atomic E-state index is 0.259. The Hall–Kier alpha value is -0.980. The van der Waals surface area contributed by atoms with Crippen LogP contribution in [0.1, 0.15) is 24.4 Å². The number of hydrogen-bond acceptors (Lipinski definition) is 5. The summed E-state index contributed by atoms with van der Waals surface area (Å²) in [6, 6.07) is 7.49. The standard InChI is InChI=1S/C16H21ClN2O2S/c1-16(2,15-18-7-8-22-15)19-9-14(20)11-21-10-12-3-5-13(17)6-4-12/h3-8,14,19-20H,9-11H2,1-2H3. The maximum absolute atomic E-state index is 10.0. The van der Waals surface area contributed by atoms with Crippen molar-refractivity contribution in [2.45, 2.75) is 32.1 Å². The summed E-state index contributed by atoms with van der Waals surface area (Å²) in [6.07, 6.45) is 1.22. The molecule has 1 atom stereocenters. The van der Waals surface area contributed by atoms with Gasteiger partial charge in [-0.3, -0.25) is 0 Å². The van der Waals surface area contributed by atoms with Crippen molar-refractivity contribution in [3.8, 4) is 0 Å². The molecule has 2 aromatic rings. The van der Waals surface area contributed by atoms with Crippen molar-refractivity contribution < 1.29 is 9.84 Å². The van der Waals surface area contributed by atoms with Gasteiger partial charge in [0.05, 0.1) is 24.9 Å². The molecule has 0 saturated heterocycles. The van der Waals surface area contributed by atoms with E-state index in [1.807, 2.05) is 43.5 Å². The Morgan fingerprint density at radius 1 is 1.36 bits per heavy atom. The summed E-state index contributed by atoms with van der Waals surface area (Å²) < 4.78 is 5.53. The van der Waals surface area contributed by atoms with Crippen LogP contribution >= 0.6 is 22.9 Å². The molecule has 1 heterocycles. The first kappa shape index (κ1) is 17.4. The fourth-order valence-electron chi connectivity index (χ4n) is 1.93. The van der Waals surface area contributed by atoms with Crippen LogP contribution in [0.25, 0.3) is 0 Å². The Morgan fingerprint density at radius 2 is 2.09 bits per heavy atom. The molecule has 2 N–H and O–H groups in total. The molecule has 0 aliphatic carbocycles. The number of thiazole rings is 1. The molecule has 0 fully saturated rings. The molecule has 0 amide bonds. The van der Waals surface area contributed by atoms with E-state index in [1.165, 1.54) is 0 Å². The normalized spacial score (nSPS) is 13.3. The molecule has 0 bridgehead atoms. The monoisotopic (exact) mass is 340 g/mol. The van der Waals surface area contributed by atoms with E-state index in [1.54, 1.807) is 17.5 Å². The van der Waals surface area contributed by atoms with E-state index in [0.29, 0.717) is 18.2 Å². The largest absolute Gasteiger partial charge is 0.389 e. The first-order valence-corrected chi connectivity index (χ1v) is 8.38. The highest BCUT2D eigenvalue weighted by Crippen LogP contribution is 2.21. The summed E-state index contributed by atoms with van der Waals surface area (Å²) in [5.41, 5.74) is 0.776. The van der Waals surface area contributed by atoms with E-state index in [-0.39, 0.29) is 12.1 Å². The van der Waals surface area contributed by atoms with E-state index in [4.69, 9.17) is 16.3 Å². The lowest BCUT2D eigenvalue weighted by Crippen LogP contribution is -2.42. The Kier molecular flexibility index (Phi) is 6.35. The van der Waals surface area contributed by atoms with Crippen LogP contribution in [0.4, 0.5) is 0 Å². The highest BCUT2D eigenvalue weighted by Gasteiger charge is 2.23. The average Bonchev–Trinajstić information content (AvgIpc) is 3.02. The van der Waals surface area contributed by atoms with E-state index in [0.717, 1.165) is 10.6 Å². The van der Waals surface area contributed by atoms with E-state index in [2.05, 4.69) is 10.3 Å². The minimum Gasteiger partial charge on any atom is -0.389 e. The predicted octanol–water partition coefficient (Wildman–Crippen LogP) is 3.20. The van der Waals surface area contributed by atoms with Crippen molar-refractivity contribution in [3.05, 3.63) is 51.4 Å². The van der Waals surface area contributed by atoms with Crippen LogP contribution < -0.4 is 5.32 Å². The van der Waals surface area contributed by atoms with Gasteiger partial charge in [0.2, 0.25) is 0 Å². The zero-order valence-corrected chi connectivity index (χ0v) is 14.3. The number of rotatable bonds is 8. The number of hydrogen-bond donors (Lipinski definition) is 2. The second-order valence-corrected chi connectivity index (χ2v) is 6.97. The summed E-state index contributed by atoms with van der Waals surface area (Å²) in [6.45, 7) is 5.29. The number of nitrogens with one attached hydrogen (secondary N) is 1. The van der Waals surface area contributed by atoms with Crippen LogP contribution in [0.5, 0.6) is 0 Å². The molecule has 0 aliphatic heterocycles. The van der Waals surface area contributed by atoms with E-state index in [9.17, 15) is 5.11 Å². The molecule has 120 valence electrons. The summed E-state index contributed by atoms with van der Waals surface area (Å²) in [4.78, 5) is 4.31. The number of nitrogens with zero attached hydrogens (tertiary/aromatic N) is 1. The molecule has 1 aromatic heterocycles. The first-order valence-electron chi connectivity index (χ1n) is 7.12. The van der Waals surface area contributed by atoms with Gasteiger partial charge in [0.25, 0.3) is 0 Å². The quantitative estimate of drug-likeness (QED) is 0.775. The van der Waals surface area contributed by atoms with Gasteiger partial charge in [-0.1, -0.05) is 23.7 Å². The molecule has 22 heavy (non-hydrogen) atoms. The molecule has 1 unspecified atom stereocenters. The minimum atomic E-state index is -0.563. The lowest BCUT2D eigenvalue weighted by atomic mass is 10.1. The molecule has 0 aliphatic rings. The zero-order chi connectivity index (χ0) is 16.0. The van der Waals surface area contributed by atoms with Crippen LogP contribution in [0.2, 0.25) is 5.02 Å². The van der Waals surface area contributed by atoms with Gasteiger partial charge in [-0.05, 0) is 31.5 Å². The van der Waals surface area contributed by atoms with Gasteiger partial charge < -0.3 is 15.2 Å². The summed E-state index contributed by atoms with van der Waals surface area (Å²) in [5.74, 6) is 0. The number of halogens is 1. The second kappa shape index (κ2) is 8.04. The van der Waals surface area contributed by atoms with Gasteiger partial charge in [-0.15, -0.1) is 11.3 Å². The van der Waals surface area contributed by atoms with Crippen LogP contribution in [0, 0.1) is 0 Å². The van der Waals surface area contributed by atoms with Crippen molar-refractivity contribution in [1.82, 2.24) is 10.3 Å². The van der Waals surface area contributed by atoms with Gasteiger partial charge in [0.15, 0.2) is 0 Å². The van der Waals surface area contributed by atoms with Crippen molar-refractivity contribution in [3.63, 3.8) is 0 Å². The fourth-order valence-corrected chi connectivity index (χ4v) is 2.80. The van der Waals surface area contributed by atoms with Gasteiger partial charge in [0, 0.05) is 23.1 Å². The molecular formula is C16H21ClN2O2S. The van der Waals surface area contributed by atoms with Gasteiger partial charge in [-0.25, -0.2) is 4.98 Å². The topological polar surface area (TPSA) is 54.4 Å². The number of aromatic nitrogens is 1. The summed E-state index contributed by atoms with van der Waals surface area (Å²) in [5, 5.41) is 17.0. The number of ether oxygens (including phenoxy) is 1. The van der Waals surface area contributed by atoms with Gasteiger partial charge >= 0.3 is 0 Å². The van der Waals surface area contributed by atoms with Gasteiger partial charge in [-0.2, -0.15) is 0 Å². The van der Waals surface area contributed by atoms with Gasteiger partial charge in [0.1, 0.15) is 5.01 Å². The molecular weight excluding hydrogens is 320 g/mol. The van der Waals surface area contributed by atoms with E-state index < -0.39 is 6.10 Å². The smallest absolute Gasteiger partial charge is 0.112 e. The third-order valence-electron chi connectivity index (χ3n) is 3.24.